The molecule has 0 aromatic heterocycles. The van der Waals surface area contributed by atoms with Gasteiger partial charge in [0.15, 0.2) is 5.78 Å². The first kappa shape index (κ1) is 15.2. The molecular formula is C15H21NO3S. The lowest BCUT2D eigenvalue weighted by Gasteiger charge is -2.20. The van der Waals surface area contributed by atoms with Gasteiger partial charge in [0.25, 0.3) is 0 Å². The van der Waals surface area contributed by atoms with Gasteiger partial charge in [0, 0.05) is 11.6 Å². The average Bonchev–Trinajstić information content (AvgIpc) is 2.92. The summed E-state index contributed by atoms with van der Waals surface area (Å²) in [6, 6.07) is 6.03. The Balaban J connectivity index is 2.11. The van der Waals surface area contributed by atoms with E-state index in [1.54, 1.807) is 12.1 Å². The van der Waals surface area contributed by atoms with Gasteiger partial charge in [0.2, 0.25) is 10.0 Å². The minimum Gasteiger partial charge on any atom is -0.295 e. The zero-order valence-corrected chi connectivity index (χ0v) is 12.7. The van der Waals surface area contributed by atoms with Gasteiger partial charge in [-0.2, -0.15) is 0 Å². The number of hydrogen-bond donors (Lipinski definition) is 1. The minimum absolute atomic E-state index is 0.0463. The summed E-state index contributed by atoms with van der Waals surface area (Å²) < 4.78 is 27.3. The van der Waals surface area contributed by atoms with Crippen molar-refractivity contribution < 1.29 is 13.2 Å². The van der Waals surface area contributed by atoms with Gasteiger partial charge in [-0.05, 0) is 44.7 Å². The van der Waals surface area contributed by atoms with Gasteiger partial charge in [-0.15, -0.1) is 0 Å². The number of rotatable bonds is 5. The molecule has 4 nitrogen and oxygen atoms in total. The fourth-order valence-electron chi connectivity index (χ4n) is 2.74. The number of nitrogens with one attached hydrogen (secondary N) is 1. The fraction of sp³-hybridized carbons (Fsp3) is 0.533. The molecule has 0 saturated heterocycles. The quantitative estimate of drug-likeness (QED) is 0.850. The van der Waals surface area contributed by atoms with Gasteiger partial charge in [-0.1, -0.05) is 25.0 Å². The van der Waals surface area contributed by atoms with Crippen LogP contribution in [0.5, 0.6) is 0 Å². The van der Waals surface area contributed by atoms with E-state index in [9.17, 15) is 13.2 Å². The lowest BCUT2D eigenvalue weighted by molar-refractivity contribution is 0.101. The number of ketones is 1. The van der Waals surface area contributed by atoms with E-state index in [0.29, 0.717) is 11.5 Å². The molecule has 1 unspecified atom stereocenters. The summed E-state index contributed by atoms with van der Waals surface area (Å²) in [5.74, 6) is 0.363. The van der Waals surface area contributed by atoms with Crippen LogP contribution in [0.25, 0.3) is 0 Å². The molecule has 0 heterocycles. The third-order valence-corrected chi connectivity index (χ3v) is 5.59. The summed E-state index contributed by atoms with van der Waals surface area (Å²) in [6.07, 6.45) is 4.55. The van der Waals surface area contributed by atoms with Crippen LogP contribution in [0.15, 0.2) is 29.2 Å². The predicted octanol–water partition coefficient (Wildman–Crippen LogP) is 2.75. The largest absolute Gasteiger partial charge is 0.295 e. The Morgan fingerprint density at radius 2 is 1.75 bits per heavy atom. The van der Waals surface area contributed by atoms with Crippen molar-refractivity contribution in [2.45, 2.75) is 50.5 Å². The third-order valence-electron chi connectivity index (χ3n) is 4.02. The summed E-state index contributed by atoms with van der Waals surface area (Å²) >= 11 is 0. The van der Waals surface area contributed by atoms with E-state index in [-0.39, 0.29) is 16.7 Å². The van der Waals surface area contributed by atoms with E-state index in [2.05, 4.69) is 4.72 Å². The van der Waals surface area contributed by atoms with Gasteiger partial charge < -0.3 is 0 Å². The van der Waals surface area contributed by atoms with Crippen LogP contribution in [0.3, 0.4) is 0 Å². The molecule has 0 spiro atoms. The van der Waals surface area contributed by atoms with Crippen LogP contribution in [0, 0.1) is 5.92 Å². The summed E-state index contributed by atoms with van der Waals surface area (Å²) in [4.78, 5) is 11.4. The van der Waals surface area contributed by atoms with E-state index < -0.39 is 10.0 Å². The van der Waals surface area contributed by atoms with Gasteiger partial charge in [0.05, 0.1) is 4.90 Å². The van der Waals surface area contributed by atoms with Crippen LogP contribution in [0.1, 0.15) is 49.9 Å². The van der Waals surface area contributed by atoms with Crippen LogP contribution in [-0.4, -0.2) is 20.2 Å². The highest BCUT2D eigenvalue weighted by Gasteiger charge is 2.26. The molecule has 5 heteroatoms. The maximum Gasteiger partial charge on any atom is 0.240 e. The topological polar surface area (TPSA) is 63.2 Å². The van der Waals surface area contributed by atoms with E-state index in [1.807, 2.05) is 6.92 Å². The number of carbonyl (C=O) groups is 1. The van der Waals surface area contributed by atoms with E-state index >= 15 is 0 Å². The molecule has 0 radical (unpaired) electrons. The predicted molar refractivity (Wildman–Crippen MR) is 78.2 cm³/mol. The highest BCUT2D eigenvalue weighted by atomic mass is 32.2. The van der Waals surface area contributed by atoms with Crippen LogP contribution in [0.4, 0.5) is 0 Å². The Morgan fingerprint density at radius 1 is 1.20 bits per heavy atom. The normalized spacial score (nSPS) is 18.1. The summed E-state index contributed by atoms with van der Waals surface area (Å²) in [7, 11) is -3.50. The van der Waals surface area contributed by atoms with Crippen molar-refractivity contribution in [3.8, 4) is 0 Å². The van der Waals surface area contributed by atoms with Crippen LogP contribution < -0.4 is 4.72 Å². The molecule has 0 bridgehead atoms. The monoisotopic (exact) mass is 295 g/mol. The summed E-state index contributed by atoms with van der Waals surface area (Å²) in [5, 5.41) is 0. The van der Waals surface area contributed by atoms with Gasteiger partial charge in [-0.25, -0.2) is 13.1 Å². The fourth-order valence-corrected chi connectivity index (χ4v) is 4.05. The van der Waals surface area contributed by atoms with Crippen molar-refractivity contribution in [1.29, 1.82) is 0 Å². The lowest BCUT2D eigenvalue weighted by Crippen LogP contribution is -2.37. The van der Waals surface area contributed by atoms with Crippen molar-refractivity contribution in [1.82, 2.24) is 4.72 Å². The molecule has 1 aliphatic carbocycles. The molecule has 20 heavy (non-hydrogen) atoms. The second-order valence-electron chi connectivity index (χ2n) is 5.54. The van der Waals surface area contributed by atoms with Crippen LogP contribution in [-0.2, 0) is 10.0 Å². The van der Waals surface area contributed by atoms with Crippen molar-refractivity contribution in [3.05, 3.63) is 29.8 Å². The second kappa shape index (κ2) is 6.06. The highest BCUT2D eigenvalue weighted by molar-refractivity contribution is 7.89. The highest BCUT2D eigenvalue weighted by Crippen LogP contribution is 2.28. The van der Waals surface area contributed by atoms with Gasteiger partial charge in [-0.3, -0.25) is 4.79 Å². The average molecular weight is 295 g/mol. The number of benzene rings is 1. The molecule has 0 aliphatic heterocycles. The maximum atomic E-state index is 12.3. The first-order valence-electron chi connectivity index (χ1n) is 7.03. The molecule has 1 saturated carbocycles. The molecule has 1 atom stereocenters. The van der Waals surface area contributed by atoms with E-state index in [0.717, 1.165) is 12.8 Å². The molecular weight excluding hydrogens is 274 g/mol. The summed E-state index contributed by atoms with van der Waals surface area (Å²) in [6.45, 7) is 3.39. The standard InChI is InChI=1S/C15H21NO3S/c1-11(13-5-3-4-6-13)16-20(18,19)15-9-7-14(8-10-15)12(2)17/h7-11,13,16H,3-6H2,1-2H3. The van der Waals surface area contributed by atoms with Crippen molar-refractivity contribution in [2.75, 3.05) is 0 Å². The van der Waals surface area contributed by atoms with Crippen molar-refractivity contribution in [2.24, 2.45) is 5.92 Å². The van der Waals surface area contributed by atoms with Gasteiger partial charge in [0.1, 0.15) is 0 Å². The maximum absolute atomic E-state index is 12.3. The zero-order chi connectivity index (χ0) is 14.8. The molecule has 1 aromatic carbocycles. The lowest BCUT2D eigenvalue weighted by atomic mass is 10.0. The molecule has 1 fully saturated rings. The number of hydrogen-bond acceptors (Lipinski definition) is 3. The minimum atomic E-state index is -3.50. The zero-order valence-electron chi connectivity index (χ0n) is 11.9. The molecule has 2 rings (SSSR count). The molecule has 110 valence electrons. The van der Waals surface area contributed by atoms with E-state index in [1.165, 1.54) is 31.9 Å². The third kappa shape index (κ3) is 3.46. The van der Waals surface area contributed by atoms with Crippen LogP contribution in [0.2, 0.25) is 0 Å². The Morgan fingerprint density at radius 3 is 2.25 bits per heavy atom. The first-order valence-corrected chi connectivity index (χ1v) is 8.52. The Labute approximate surface area is 120 Å². The number of Topliss-reactive ketones (excluding diaryl/α,β-unsaturated/α-hetero) is 1. The smallest absolute Gasteiger partial charge is 0.240 e. The molecule has 1 aliphatic rings. The van der Waals surface area contributed by atoms with Gasteiger partial charge >= 0.3 is 0 Å². The van der Waals surface area contributed by atoms with Crippen molar-refractivity contribution in [3.63, 3.8) is 0 Å². The van der Waals surface area contributed by atoms with Crippen LogP contribution >= 0.6 is 0 Å². The number of sulfonamides is 1. The SMILES string of the molecule is CC(=O)c1ccc(S(=O)(=O)NC(C)C2CCCC2)cc1. The molecule has 0 amide bonds. The Kier molecular flexibility index (Phi) is 4.60. The first-order chi connectivity index (χ1) is 9.40. The Hall–Kier alpha value is -1.20. The van der Waals surface area contributed by atoms with E-state index in [4.69, 9.17) is 0 Å². The number of carbonyl (C=O) groups excluding carboxylic acids is 1. The molecule has 1 aromatic rings. The van der Waals surface area contributed by atoms with Crippen molar-refractivity contribution >= 4 is 15.8 Å². The second-order valence-corrected chi connectivity index (χ2v) is 7.25. The molecule has 1 N–H and O–H groups in total. The Bertz CT molecular complexity index is 572. The summed E-state index contributed by atoms with van der Waals surface area (Å²) in [5.41, 5.74) is 0.521.